The summed E-state index contributed by atoms with van der Waals surface area (Å²) in [5.74, 6) is 0. The van der Waals surface area contributed by atoms with Gasteiger partial charge in [0.2, 0.25) is 0 Å². The fourth-order valence-electron chi connectivity index (χ4n) is 3.74. The van der Waals surface area contributed by atoms with Crippen LogP contribution in [0.3, 0.4) is 0 Å². The van der Waals surface area contributed by atoms with Crippen molar-refractivity contribution in [1.29, 1.82) is 0 Å². The van der Waals surface area contributed by atoms with Crippen molar-refractivity contribution in [2.24, 2.45) is 0 Å². The number of halogens is 1. The van der Waals surface area contributed by atoms with Crippen LogP contribution >= 0.6 is 11.6 Å². The monoisotopic (exact) mass is 323 g/mol. The maximum atomic E-state index is 10.8. The lowest BCUT2D eigenvalue weighted by molar-refractivity contribution is -0.0478. The smallest absolute Gasteiger partial charge is 0.0900 e. The molecule has 2 aliphatic heterocycles. The van der Waals surface area contributed by atoms with Crippen molar-refractivity contribution in [3.8, 4) is 0 Å². The van der Waals surface area contributed by atoms with Gasteiger partial charge in [0.15, 0.2) is 0 Å². The number of likely N-dealkylation sites (tertiary alicyclic amines) is 1. The molecule has 5 heteroatoms. The second-order valence-electron chi connectivity index (χ2n) is 6.78. The van der Waals surface area contributed by atoms with Crippen LogP contribution in [0.5, 0.6) is 0 Å². The molecule has 2 fully saturated rings. The van der Waals surface area contributed by atoms with Gasteiger partial charge in [0, 0.05) is 39.3 Å². The van der Waals surface area contributed by atoms with E-state index < -0.39 is 5.60 Å². The number of β-amino-alcohol motifs (C(OH)–C–C–N with tert-alkyl or cyclic N) is 1. The first kappa shape index (κ1) is 16.1. The molecule has 0 bridgehead atoms. The van der Waals surface area contributed by atoms with E-state index in [1.807, 2.05) is 18.2 Å². The maximum absolute atomic E-state index is 10.8. The first-order chi connectivity index (χ1) is 10.6. The highest BCUT2D eigenvalue weighted by Crippen LogP contribution is 2.27. The van der Waals surface area contributed by atoms with Crippen LogP contribution in [0.4, 0.5) is 5.69 Å². The molecular formula is C17H26ClN3O. The molecule has 0 radical (unpaired) electrons. The highest BCUT2D eigenvalue weighted by atomic mass is 35.5. The number of hydrogen-bond donors (Lipinski definition) is 1. The van der Waals surface area contributed by atoms with Gasteiger partial charge in [-0.1, -0.05) is 23.7 Å². The van der Waals surface area contributed by atoms with Gasteiger partial charge in [-0.25, -0.2) is 0 Å². The summed E-state index contributed by atoms with van der Waals surface area (Å²) < 4.78 is 0. The number of piperidine rings is 1. The SMILES string of the molecule is CN1CCCC(O)(CN2CCN(c3ccccc3Cl)CC2)C1. The Labute approximate surface area is 138 Å². The van der Waals surface area contributed by atoms with E-state index in [4.69, 9.17) is 11.6 Å². The molecule has 2 saturated heterocycles. The van der Waals surface area contributed by atoms with Crippen LogP contribution in [0.15, 0.2) is 24.3 Å². The Bertz CT molecular complexity index is 504. The predicted octanol–water partition coefficient (Wildman–Crippen LogP) is 1.92. The Balaban J connectivity index is 1.55. The largest absolute Gasteiger partial charge is 0.387 e. The molecule has 1 aromatic carbocycles. The predicted molar refractivity (Wildman–Crippen MR) is 91.8 cm³/mol. The highest BCUT2D eigenvalue weighted by molar-refractivity contribution is 6.33. The molecule has 2 heterocycles. The summed E-state index contributed by atoms with van der Waals surface area (Å²) in [6.45, 7) is 6.58. The first-order valence-corrected chi connectivity index (χ1v) is 8.56. The number of aliphatic hydroxyl groups is 1. The van der Waals surface area contributed by atoms with Gasteiger partial charge in [0.05, 0.1) is 16.3 Å². The van der Waals surface area contributed by atoms with Gasteiger partial charge in [-0.05, 0) is 38.6 Å². The van der Waals surface area contributed by atoms with Gasteiger partial charge in [-0.3, -0.25) is 4.90 Å². The molecule has 2 aliphatic rings. The van der Waals surface area contributed by atoms with Crippen molar-refractivity contribution in [2.75, 3.05) is 57.8 Å². The van der Waals surface area contributed by atoms with Crippen molar-refractivity contribution in [3.63, 3.8) is 0 Å². The molecule has 3 rings (SSSR count). The lowest BCUT2D eigenvalue weighted by atomic mass is 9.92. The van der Waals surface area contributed by atoms with Crippen LogP contribution in [-0.2, 0) is 0 Å². The van der Waals surface area contributed by atoms with Crippen LogP contribution in [-0.4, -0.2) is 73.4 Å². The van der Waals surface area contributed by atoms with E-state index in [0.717, 1.165) is 69.4 Å². The third-order valence-electron chi connectivity index (χ3n) is 4.83. The van der Waals surface area contributed by atoms with Gasteiger partial charge in [0.25, 0.3) is 0 Å². The zero-order valence-corrected chi connectivity index (χ0v) is 14.1. The van der Waals surface area contributed by atoms with E-state index in [1.165, 1.54) is 0 Å². The minimum absolute atomic E-state index is 0.542. The summed E-state index contributed by atoms with van der Waals surface area (Å²) in [6.07, 6.45) is 2.01. The topological polar surface area (TPSA) is 30.0 Å². The number of rotatable bonds is 3. The third-order valence-corrected chi connectivity index (χ3v) is 5.15. The van der Waals surface area contributed by atoms with Crippen LogP contribution < -0.4 is 4.90 Å². The first-order valence-electron chi connectivity index (χ1n) is 8.19. The van der Waals surface area contributed by atoms with Crippen LogP contribution in [0, 0.1) is 0 Å². The molecule has 1 atom stereocenters. The number of hydrogen-bond acceptors (Lipinski definition) is 4. The minimum atomic E-state index is -0.542. The van der Waals surface area contributed by atoms with E-state index in [2.05, 4.69) is 27.8 Å². The zero-order chi connectivity index (χ0) is 15.6. The summed E-state index contributed by atoms with van der Waals surface area (Å²) in [5, 5.41) is 11.6. The zero-order valence-electron chi connectivity index (χ0n) is 13.3. The Morgan fingerprint density at radius 2 is 1.86 bits per heavy atom. The molecule has 4 nitrogen and oxygen atoms in total. The lowest BCUT2D eigenvalue weighted by Crippen LogP contribution is -2.56. The van der Waals surface area contributed by atoms with E-state index in [1.54, 1.807) is 0 Å². The Morgan fingerprint density at radius 1 is 1.14 bits per heavy atom. The Morgan fingerprint density at radius 3 is 2.55 bits per heavy atom. The van der Waals surface area contributed by atoms with Crippen molar-refractivity contribution in [1.82, 2.24) is 9.80 Å². The fraction of sp³-hybridized carbons (Fsp3) is 0.647. The molecule has 1 unspecified atom stereocenters. The molecule has 0 spiro atoms. The quantitative estimate of drug-likeness (QED) is 0.920. The third kappa shape index (κ3) is 3.74. The number of piperazine rings is 1. The van der Waals surface area contributed by atoms with Crippen molar-refractivity contribution >= 4 is 17.3 Å². The average Bonchev–Trinajstić information content (AvgIpc) is 2.48. The second-order valence-corrected chi connectivity index (χ2v) is 7.19. The van der Waals surface area contributed by atoms with E-state index in [0.29, 0.717) is 0 Å². The molecular weight excluding hydrogens is 298 g/mol. The van der Waals surface area contributed by atoms with Crippen LogP contribution in [0.25, 0.3) is 0 Å². The van der Waals surface area contributed by atoms with Gasteiger partial charge < -0.3 is 14.9 Å². The van der Waals surface area contributed by atoms with E-state index in [-0.39, 0.29) is 0 Å². The Hall–Kier alpha value is -0.810. The molecule has 0 aliphatic carbocycles. The molecule has 0 aromatic heterocycles. The summed E-state index contributed by atoms with van der Waals surface area (Å²) in [4.78, 5) is 6.98. The highest BCUT2D eigenvalue weighted by Gasteiger charge is 2.34. The van der Waals surface area contributed by atoms with E-state index >= 15 is 0 Å². The normalized spacial score (nSPS) is 28.0. The van der Waals surface area contributed by atoms with Crippen molar-refractivity contribution in [2.45, 2.75) is 18.4 Å². The Kier molecular flexibility index (Phi) is 4.93. The number of likely N-dealkylation sites (N-methyl/N-ethyl adjacent to an activating group) is 1. The number of nitrogens with zero attached hydrogens (tertiary/aromatic N) is 3. The minimum Gasteiger partial charge on any atom is -0.387 e. The molecule has 0 amide bonds. The summed E-state index contributed by atoms with van der Waals surface area (Å²) in [5.41, 5.74) is 0.583. The maximum Gasteiger partial charge on any atom is 0.0900 e. The van der Waals surface area contributed by atoms with E-state index in [9.17, 15) is 5.11 Å². The molecule has 1 N–H and O–H groups in total. The van der Waals surface area contributed by atoms with Crippen molar-refractivity contribution in [3.05, 3.63) is 29.3 Å². The standard InChI is InChI=1S/C17H26ClN3O/c1-19-8-4-7-17(22,13-19)14-20-9-11-21(12-10-20)16-6-3-2-5-15(16)18/h2-3,5-6,22H,4,7-14H2,1H3. The van der Waals surface area contributed by atoms with Gasteiger partial charge in [0.1, 0.15) is 0 Å². The van der Waals surface area contributed by atoms with Crippen molar-refractivity contribution < 1.29 is 5.11 Å². The molecule has 1 aromatic rings. The van der Waals surface area contributed by atoms with Gasteiger partial charge in [-0.2, -0.15) is 0 Å². The second kappa shape index (κ2) is 6.75. The fourth-order valence-corrected chi connectivity index (χ4v) is 3.99. The van der Waals surface area contributed by atoms with Gasteiger partial charge in [-0.15, -0.1) is 0 Å². The summed E-state index contributed by atoms with van der Waals surface area (Å²) in [7, 11) is 2.10. The summed E-state index contributed by atoms with van der Waals surface area (Å²) >= 11 is 6.29. The number of anilines is 1. The summed E-state index contributed by atoms with van der Waals surface area (Å²) in [6, 6.07) is 8.04. The molecule has 22 heavy (non-hydrogen) atoms. The van der Waals surface area contributed by atoms with Gasteiger partial charge >= 0.3 is 0 Å². The lowest BCUT2D eigenvalue weighted by Gasteiger charge is -2.43. The van der Waals surface area contributed by atoms with Crippen LogP contribution in [0.1, 0.15) is 12.8 Å². The van der Waals surface area contributed by atoms with Crippen LogP contribution in [0.2, 0.25) is 5.02 Å². The number of benzene rings is 1. The number of para-hydroxylation sites is 1. The average molecular weight is 324 g/mol. The molecule has 0 saturated carbocycles. The molecule has 122 valence electrons.